The van der Waals surface area contributed by atoms with Crippen molar-refractivity contribution in [1.29, 1.82) is 0 Å². The quantitative estimate of drug-likeness (QED) is 0.691. The molecule has 0 radical (unpaired) electrons. The molecule has 4 heteroatoms. The van der Waals surface area contributed by atoms with Crippen LogP contribution in [0.1, 0.15) is 5.56 Å². The van der Waals surface area contributed by atoms with Crippen LogP contribution in [0.2, 0.25) is 0 Å². The van der Waals surface area contributed by atoms with Crippen molar-refractivity contribution < 1.29 is 0 Å². The summed E-state index contributed by atoms with van der Waals surface area (Å²) in [7, 11) is 2.08. The zero-order chi connectivity index (χ0) is 12.3. The molecule has 0 saturated carbocycles. The Labute approximate surface area is 115 Å². The van der Waals surface area contributed by atoms with Crippen LogP contribution in [-0.2, 0) is 6.54 Å². The molecule has 1 heterocycles. The van der Waals surface area contributed by atoms with Gasteiger partial charge in [0.25, 0.3) is 0 Å². The molecule has 0 aliphatic carbocycles. The van der Waals surface area contributed by atoms with Crippen LogP contribution in [-0.4, -0.2) is 12.0 Å². The zero-order valence-electron chi connectivity index (χ0n) is 9.60. The summed E-state index contributed by atoms with van der Waals surface area (Å²) in [6, 6.07) is 10.0. The van der Waals surface area contributed by atoms with Crippen molar-refractivity contribution in [2.75, 3.05) is 17.7 Å². The predicted molar refractivity (Wildman–Crippen MR) is 79.9 cm³/mol. The van der Waals surface area contributed by atoms with E-state index in [2.05, 4.69) is 45.6 Å². The molecule has 0 amide bonds. The second kappa shape index (κ2) is 5.35. The molecule has 0 fully saturated rings. The minimum absolute atomic E-state index is 0.801. The second-order valence-electron chi connectivity index (χ2n) is 3.92. The van der Waals surface area contributed by atoms with E-state index in [1.165, 1.54) is 14.8 Å². The SMILES string of the molecule is CN(Cc1ccncc1)c1ccc(N)cc1I. The maximum absolute atomic E-state index is 5.75. The van der Waals surface area contributed by atoms with Gasteiger partial charge in [0, 0.05) is 35.2 Å². The number of rotatable bonds is 3. The monoisotopic (exact) mass is 339 g/mol. The van der Waals surface area contributed by atoms with E-state index in [0.29, 0.717) is 0 Å². The van der Waals surface area contributed by atoms with E-state index in [9.17, 15) is 0 Å². The number of nitrogens with two attached hydrogens (primary N) is 1. The molecule has 0 atom stereocenters. The number of nitrogens with zero attached hydrogens (tertiary/aromatic N) is 2. The number of hydrogen-bond acceptors (Lipinski definition) is 3. The lowest BCUT2D eigenvalue weighted by Crippen LogP contribution is -2.17. The summed E-state index contributed by atoms with van der Waals surface area (Å²) >= 11 is 2.31. The van der Waals surface area contributed by atoms with E-state index in [0.717, 1.165) is 12.2 Å². The van der Waals surface area contributed by atoms with E-state index in [1.807, 2.05) is 36.7 Å². The summed E-state index contributed by atoms with van der Waals surface area (Å²) in [4.78, 5) is 6.22. The third-order valence-corrected chi connectivity index (χ3v) is 3.42. The lowest BCUT2D eigenvalue weighted by atomic mass is 10.2. The highest BCUT2D eigenvalue weighted by Crippen LogP contribution is 2.24. The number of anilines is 2. The topological polar surface area (TPSA) is 42.2 Å². The van der Waals surface area contributed by atoms with Gasteiger partial charge in [-0.25, -0.2) is 0 Å². The molecule has 2 rings (SSSR count). The lowest BCUT2D eigenvalue weighted by Gasteiger charge is -2.21. The summed E-state index contributed by atoms with van der Waals surface area (Å²) in [6.45, 7) is 0.864. The Balaban J connectivity index is 2.17. The number of nitrogen functional groups attached to an aromatic ring is 1. The molecule has 2 aromatic rings. The first kappa shape index (κ1) is 12.2. The van der Waals surface area contributed by atoms with E-state index in [4.69, 9.17) is 5.73 Å². The fourth-order valence-electron chi connectivity index (χ4n) is 1.68. The van der Waals surface area contributed by atoms with Gasteiger partial charge in [0.2, 0.25) is 0 Å². The van der Waals surface area contributed by atoms with Crippen molar-refractivity contribution in [1.82, 2.24) is 4.98 Å². The van der Waals surface area contributed by atoms with Gasteiger partial charge < -0.3 is 10.6 Å². The average Bonchev–Trinajstić information content (AvgIpc) is 2.30. The first-order chi connectivity index (χ1) is 8.16. The molecular formula is C13H14IN3. The molecule has 2 N–H and O–H groups in total. The standard InChI is InChI=1S/C13H14IN3/c1-17(9-10-4-6-16-7-5-10)13-3-2-11(15)8-12(13)14/h2-8H,9,15H2,1H3. The Kier molecular flexibility index (Phi) is 3.83. The fraction of sp³-hybridized carbons (Fsp3) is 0.154. The lowest BCUT2D eigenvalue weighted by molar-refractivity contribution is 0.916. The Bertz CT molecular complexity index is 499. The molecule has 0 saturated heterocycles. The molecular weight excluding hydrogens is 325 g/mol. The third-order valence-electron chi connectivity index (χ3n) is 2.55. The van der Waals surface area contributed by atoms with Crippen molar-refractivity contribution in [2.24, 2.45) is 0 Å². The summed E-state index contributed by atoms with van der Waals surface area (Å²) in [5.41, 5.74) is 8.99. The number of hydrogen-bond donors (Lipinski definition) is 1. The third kappa shape index (κ3) is 3.09. The van der Waals surface area contributed by atoms with E-state index in [-0.39, 0.29) is 0 Å². The summed E-state index contributed by atoms with van der Waals surface area (Å²) in [6.07, 6.45) is 3.63. The smallest absolute Gasteiger partial charge is 0.0503 e. The number of pyridine rings is 1. The fourth-order valence-corrected chi connectivity index (χ4v) is 2.63. The maximum Gasteiger partial charge on any atom is 0.0503 e. The minimum Gasteiger partial charge on any atom is -0.399 e. The Hall–Kier alpha value is -1.30. The predicted octanol–water partition coefficient (Wildman–Crippen LogP) is 2.90. The van der Waals surface area contributed by atoms with Crippen molar-refractivity contribution in [3.8, 4) is 0 Å². The number of benzene rings is 1. The molecule has 3 nitrogen and oxygen atoms in total. The van der Waals surface area contributed by atoms with Gasteiger partial charge in [-0.2, -0.15) is 0 Å². The van der Waals surface area contributed by atoms with E-state index in [1.54, 1.807) is 0 Å². The van der Waals surface area contributed by atoms with Gasteiger partial charge in [0.05, 0.1) is 5.69 Å². The van der Waals surface area contributed by atoms with Crippen molar-refractivity contribution in [2.45, 2.75) is 6.54 Å². The molecule has 0 unspecified atom stereocenters. The number of aromatic nitrogens is 1. The van der Waals surface area contributed by atoms with Gasteiger partial charge in [0.15, 0.2) is 0 Å². The van der Waals surface area contributed by atoms with Gasteiger partial charge >= 0.3 is 0 Å². The highest BCUT2D eigenvalue weighted by atomic mass is 127. The highest BCUT2D eigenvalue weighted by molar-refractivity contribution is 14.1. The Morgan fingerprint density at radius 1 is 1.24 bits per heavy atom. The molecule has 88 valence electrons. The van der Waals surface area contributed by atoms with Gasteiger partial charge in [-0.3, -0.25) is 4.98 Å². The van der Waals surface area contributed by atoms with E-state index < -0.39 is 0 Å². The minimum atomic E-state index is 0.801. The first-order valence-electron chi connectivity index (χ1n) is 5.32. The largest absolute Gasteiger partial charge is 0.399 e. The zero-order valence-corrected chi connectivity index (χ0v) is 11.8. The van der Waals surface area contributed by atoms with Crippen LogP contribution >= 0.6 is 22.6 Å². The average molecular weight is 339 g/mol. The molecule has 1 aromatic heterocycles. The summed E-state index contributed by atoms with van der Waals surface area (Å²) < 4.78 is 1.17. The van der Waals surface area contributed by atoms with Gasteiger partial charge in [0.1, 0.15) is 0 Å². The van der Waals surface area contributed by atoms with Crippen LogP contribution in [0.25, 0.3) is 0 Å². The van der Waals surface area contributed by atoms with Crippen LogP contribution in [0, 0.1) is 3.57 Å². The summed E-state index contributed by atoms with van der Waals surface area (Å²) in [5, 5.41) is 0. The molecule has 1 aromatic carbocycles. The van der Waals surface area contributed by atoms with Crippen LogP contribution in [0.3, 0.4) is 0 Å². The van der Waals surface area contributed by atoms with Crippen LogP contribution in [0.15, 0.2) is 42.7 Å². The van der Waals surface area contributed by atoms with Gasteiger partial charge in [-0.05, 0) is 58.5 Å². The van der Waals surface area contributed by atoms with Crippen LogP contribution in [0.5, 0.6) is 0 Å². The molecule has 0 aliphatic rings. The van der Waals surface area contributed by atoms with Gasteiger partial charge in [-0.15, -0.1) is 0 Å². The maximum atomic E-state index is 5.75. The molecule has 0 spiro atoms. The van der Waals surface area contributed by atoms with Gasteiger partial charge in [-0.1, -0.05) is 0 Å². The van der Waals surface area contributed by atoms with Crippen LogP contribution < -0.4 is 10.6 Å². The normalized spacial score (nSPS) is 10.2. The van der Waals surface area contributed by atoms with Crippen molar-refractivity contribution in [3.05, 3.63) is 51.9 Å². The van der Waals surface area contributed by atoms with Crippen LogP contribution in [0.4, 0.5) is 11.4 Å². The first-order valence-corrected chi connectivity index (χ1v) is 6.40. The number of halogens is 1. The highest BCUT2D eigenvalue weighted by Gasteiger charge is 2.06. The van der Waals surface area contributed by atoms with Crippen molar-refractivity contribution in [3.63, 3.8) is 0 Å². The molecule has 0 bridgehead atoms. The Morgan fingerprint density at radius 3 is 2.59 bits per heavy atom. The van der Waals surface area contributed by atoms with E-state index >= 15 is 0 Å². The van der Waals surface area contributed by atoms with Crippen molar-refractivity contribution >= 4 is 34.0 Å². The molecule has 17 heavy (non-hydrogen) atoms. The summed E-state index contributed by atoms with van der Waals surface area (Å²) in [5.74, 6) is 0. The second-order valence-corrected chi connectivity index (χ2v) is 5.08. The Morgan fingerprint density at radius 2 is 1.94 bits per heavy atom. The molecule has 0 aliphatic heterocycles.